The van der Waals surface area contributed by atoms with Crippen molar-refractivity contribution in [2.24, 2.45) is 29.1 Å². The number of rotatable bonds is 10. The maximum Gasteiger partial charge on any atom is 0.254 e. The molecule has 2 aromatic carbocycles. The average Bonchev–Trinajstić information content (AvgIpc) is 3.52. The van der Waals surface area contributed by atoms with Crippen molar-refractivity contribution in [3.05, 3.63) is 83.5 Å². The number of fused-ring (bicyclic) bond motifs is 2. The molecule has 0 spiro atoms. The second-order valence-corrected chi connectivity index (χ2v) is 16.1. The molecule has 4 N–H and O–H groups in total. The summed E-state index contributed by atoms with van der Waals surface area (Å²) < 4.78 is 0. The molecule has 3 saturated carbocycles. The first-order valence-corrected chi connectivity index (χ1v) is 18.5. The van der Waals surface area contributed by atoms with Crippen molar-refractivity contribution in [2.45, 2.75) is 115 Å². The molecule has 4 aliphatic rings. The normalized spacial score (nSPS) is 36.4. The van der Waals surface area contributed by atoms with E-state index in [2.05, 4.69) is 75.0 Å². The maximum atomic E-state index is 13.5. The van der Waals surface area contributed by atoms with Crippen LogP contribution < -0.4 is 0 Å². The van der Waals surface area contributed by atoms with Crippen LogP contribution in [0.3, 0.4) is 0 Å². The van der Waals surface area contributed by atoms with E-state index >= 15 is 0 Å². The summed E-state index contributed by atoms with van der Waals surface area (Å²) in [7, 11) is 0. The number of amides is 1. The van der Waals surface area contributed by atoms with Crippen molar-refractivity contribution in [1.82, 2.24) is 4.90 Å². The lowest BCUT2D eigenvalue weighted by molar-refractivity contribution is -0.142. The van der Waals surface area contributed by atoms with Gasteiger partial charge in [-0.15, -0.1) is 0 Å². The van der Waals surface area contributed by atoms with Crippen molar-refractivity contribution < 1.29 is 25.2 Å². The molecule has 6 nitrogen and oxygen atoms in total. The summed E-state index contributed by atoms with van der Waals surface area (Å²) in [6.45, 7) is 11.4. The lowest BCUT2D eigenvalue weighted by Gasteiger charge is -2.45. The third kappa shape index (κ3) is 6.83. The van der Waals surface area contributed by atoms with Gasteiger partial charge in [0.05, 0.1) is 12.2 Å². The zero-order valence-electron chi connectivity index (χ0n) is 29.3. The van der Waals surface area contributed by atoms with Crippen molar-refractivity contribution >= 4 is 16.7 Å². The van der Waals surface area contributed by atoms with Crippen LogP contribution in [0.2, 0.25) is 0 Å². The molecular weight excluding hydrogens is 598 g/mol. The van der Waals surface area contributed by atoms with Gasteiger partial charge in [-0.1, -0.05) is 80.6 Å². The minimum Gasteiger partial charge on any atom is -0.396 e. The van der Waals surface area contributed by atoms with Gasteiger partial charge in [0, 0.05) is 31.5 Å². The summed E-state index contributed by atoms with van der Waals surface area (Å²) in [4.78, 5) is 15.4. The molecule has 0 radical (unpaired) electrons. The average molecular weight is 656 g/mol. The number of nitrogens with zero attached hydrogens (tertiary/aromatic N) is 1. The molecule has 3 aliphatic carbocycles. The number of hydrogen-bond donors (Lipinski definition) is 4. The first kappa shape index (κ1) is 35.1. The van der Waals surface area contributed by atoms with E-state index in [4.69, 9.17) is 0 Å². The second-order valence-electron chi connectivity index (χ2n) is 16.1. The number of likely N-dealkylation sites (tertiary alicyclic amines) is 1. The topological polar surface area (TPSA) is 101 Å². The zero-order valence-corrected chi connectivity index (χ0v) is 29.3. The van der Waals surface area contributed by atoms with E-state index in [0.717, 1.165) is 37.7 Å². The molecule has 0 bridgehead atoms. The number of allylic oxidation sites excluding steroid dienone is 3. The molecule has 1 heterocycles. The Kier molecular flexibility index (Phi) is 10.4. The van der Waals surface area contributed by atoms with Crippen LogP contribution in [0.5, 0.6) is 0 Å². The molecule has 4 fully saturated rings. The van der Waals surface area contributed by atoms with Crippen LogP contribution in [-0.4, -0.2) is 68.2 Å². The molecule has 1 amide bonds. The highest BCUT2D eigenvalue weighted by Gasteiger charge is 2.53. The minimum absolute atomic E-state index is 0.0327. The Labute approximate surface area is 287 Å². The molecule has 9 atom stereocenters. The fourth-order valence-electron chi connectivity index (χ4n) is 10.3. The van der Waals surface area contributed by atoms with Crippen LogP contribution in [0.15, 0.2) is 77.9 Å². The Morgan fingerprint density at radius 1 is 1.08 bits per heavy atom. The van der Waals surface area contributed by atoms with E-state index in [1.165, 1.54) is 34.8 Å². The first-order chi connectivity index (χ1) is 22.9. The van der Waals surface area contributed by atoms with Gasteiger partial charge in [0.25, 0.3) is 5.91 Å². The summed E-state index contributed by atoms with van der Waals surface area (Å²) >= 11 is 0. The minimum atomic E-state index is -1.31. The Morgan fingerprint density at radius 2 is 1.85 bits per heavy atom. The number of benzene rings is 2. The van der Waals surface area contributed by atoms with Gasteiger partial charge in [0.1, 0.15) is 5.60 Å². The number of aliphatic hydroxyl groups excluding tert-OH is 3. The SMILES string of the molecule is C=C1C(=CC=C2CCC[C@]3(C)[C@@H]([C@H](C)CC4CC(C)(O)C(=O)N4CCc4ccc5ccccc5c4)CC[C@@H]23)C[C@@H](O)[C@H](CCCO)[C@@H]1O. The van der Waals surface area contributed by atoms with Crippen molar-refractivity contribution in [3.63, 3.8) is 0 Å². The van der Waals surface area contributed by atoms with E-state index in [0.29, 0.717) is 55.6 Å². The lowest BCUT2D eigenvalue weighted by atomic mass is 9.60. The molecule has 48 heavy (non-hydrogen) atoms. The van der Waals surface area contributed by atoms with Gasteiger partial charge >= 0.3 is 0 Å². The fourth-order valence-corrected chi connectivity index (χ4v) is 10.3. The first-order valence-electron chi connectivity index (χ1n) is 18.5. The Bertz CT molecular complexity index is 1560. The predicted octanol–water partition coefficient (Wildman–Crippen LogP) is 6.90. The molecule has 6 heteroatoms. The van der Waals surface area contributed by atoms with Crippen molar-refractivity contribution in [1.29, 1.82) is 0 Å². The van der Waals surface area contributed by atoms with Crippen LogP contribution in [0.25, 0.3) is 10.8 Å². The molecule has 0 aromatic heterocycles. The monoisotopic (exact) mass is 655 g/mol. The third-order valence-corrected chi connectivity index (χ3v) is 12.9. The van der Waals surface area contributed by atoms with E-state index in [1.54, 1.807) is 6.92 Å². The highest BCUT2D eigenvalue weighted by Crippen LogP contribution is 2.60. The van der Waals surface area contributed by atoms with Gasteiger partial charge in [-0.05, 0) is 122 Å². The number of carbonyl (C=O) groups is 1. The van der Waals surface area contributed by atoms with E-state index in [-0.39, 0.29) is 29.9 Å². The van der Waals surface area contributed by atoms with Gasteiger partial charge in [0.15, 0.2) is 0 Å². The Balaban J connectivity index is 1.13. The van der Waals surface area contributed by atoms with E-state index < -0.39 is 17.8 Å². The van der Waals surface area contributed by atoms with Crippen LogP contribution in [0, 0.1) is 29.1 Å². The van der Waals surface area contributed by atoms with Crippen LogP contribution in [0.4, 0.5) is 0 Å². The highest BCUT2D eigenvalue weighted by molar-refractivity contribution is 5.87. The zero-order chi connectivity index (χ0) is 34.2. The lowest BCUT2D eigenvalue weighted by Crippen LogP contribution is -2.41. The quantitative estimate of drug-likeness (QED) is 0.223. The Morgan fingerprint density at radius 3 is 2.62 bits per heavy atom. The van der Waals surface area contributed by atoms with Crippen LogP contribution >= 0.6 is 0 Å². The van der Waals surface area contributed by atoms with Gasteiger partial charge in [-0.25, -0.2) is 0 Å². The van der Waals surface area contributed by atoms with E-state index in [1.807, 2.05) is 4.90 Å². The molecule has 2 aromatic rings. The number of carbonyl (C=O) groups excluding carboxylic acids is 1. The number of hydrogen-bond acceptors (Lipinski definition) is 5. The van der Waals surface area contributed by atoms with Gasteiger partial charge in [0.2, 0.25) is 0 Å². The summed E-state index contributed by atoms with van der Waals surface area (Å²) in [5.41, 5.74) is 3.18. The van der Waals surface area contributed by atoms with Crippen molar-refractivity contribution in [3.8, 4) is 0 Å². The van der Waals surface area contributed by atoms with Crippen molar-refractivity contribution in [2.75, 3.05) is 13.2 Å². The standard InChI is InChI=1S/C42H57NO5/c1-27(23-34-26-42(4,48)40(47)43(34)21-19-29-13-14-30-9-5-6-10-33(30)24-29)36-17-18-37-31(11-7-20-41(36,37)3)15-16-32-25-38(45)35(12-8-22-44)39(46)28(32)2/h5-6,9-10,13-16,24,27,34-39,44-46,48H,2,7-8,11-12,17-23,25-26H2,1,3-4H3/t27-,34?,35+,36-,37+,38-,39-,41-,42?/m1/s1. The van der Waals surface area contributed by atoms with Gasteiger partial charge < -0.3 is 25.3 Å². The largest absolute Gasteiger partial charge is 0.396 e. The van der Waals surface area contributed by atoms with Gasteiger partial charge in [-0.3, -0.25) is 4.79 Å². The molecule has 1 aliphatic heterocycles. The molecule has 2 unspecified atom stereocenters. The second kappa shape index (κ2) is 14.2. The summed E-state index contributed by atoms with van der Waals surface area (Å²) in [6, 6.07) is 14.9. The smallest absolute Gasteiger partial charge is 0.254 e. The highest BCUT2D eigenvalue weighted by atomic mass is 16.3. The molecule has 6 rings (SSSR count). The Hall–Kier alpha value is -2.77. The van der Waals surface area contributed by atoms with Crippen LogP contribution in [-0.2, 0) is 11.2 Å². The third-order valence-electron chi connectivity index (χ3n) is 12.9. The predicted molar refractivity (Wildman–Crippen MR) is 192 cm³/mol. The number of aliphatic hydroxyl groups is 4. The summed E-state index contributed by atoms with van der Waals surface area (Å²) in [5.74, 6) is 1.05. The fraction of sp³-hybridized carbons (Fsp3) is 0.595. The molecular formula is C42H57NO5. The summed E-state index contributed by atoms with van der Waals surface area (Å²) in [5, 5.41) is 44.5. The van der Waals surface area contributed by atoms with Gasteiger partial charge in [-0.2, -0.15) is 0 Å². The van der Waals surface area contributed by atoms with Crippen LogP contribution in [0.1, 0.15) is 90.5 Å². The maximum absolute atomic E-state index is 13.5. The molecule has 1 saturated heterocycles. The van der Waals surface area contributed by atoms with E-state index in [9.17, 15) is 25.2 Å². The molecule has 260 valence electrons. The summed E-state index contributed by atoms with van der Waals surface area (Å²) in [6.07, 6.45) is 12.5.